The van der Waals surface area contributed by atoms with E-state index in [2.05, 4.69) is 27.3 Å². The van der Waals surface area contributed by atoms with Crippen molar-refractivity contribution < 1.29 is 14.4 Å². The third-order valence-electron chi connectivity index (χ3n) is 3.99. The summed E-state index contributed by atoms with van der Waals surface area (Å²) >= 11 is 3.39. The van der Waals surface area contributed by atoms with Crippen LogP contribution in [-0.2, 0) is 4.79 Å². The summed E-state index contributed by atoms with van der Waals surface area (Å²) in [6.07, 6.45) is 0. The summed E-state index contributed by atoms with van der Waals surface area (Å²) in [5, 5.41) is 11.7. The molecule has 0 saturated carbocycles. The Morgan fingerprint density at radius 3 is 2.48 bits per heavy atom. The molecule has 0 aliphatic carbocycles. The summed E-state index contributed by atoms with van der Waals surface area (Å²) < 4.78 is 6.71. The molecule has 2 atom stereocenters. The minimum atomic E-state index is -0.218. The number of nitriles is 1. The maximum Gasteiger partial charge on any atom is 0.282 e. The Labute approximate surface area is 156 Å². The number of benzene rings is 2. The van der Waals surface area contributed by atoms with E-state index in [1.54, 1.807) is 24.3 Å². The van der Waals surface area contributed by atoms with Gasteiger partial charge in [-0.25, -0.2) is 0 Å². The number of anilines is 1. The van der Waals surface area contributed by atoms with E-state index in [1.165, 1.54) is 0 Å². The lowest BCUT2D eigenvalue weighted by Crippen LogP contribution is -3.14. The van der Waals surface area contributed by atoms with E-state index in [0.29, 0.717) is 24.4 Å². The van der Waals surface area contributed by atoms with Gasteiger partial charge in [-0.05, 0) is 55.5 Å². The average Bonchev–Trinajstić information content (AvgIpc) is 2.63. The molecule has 0 bridgehead atoms. The molecule has 0 saturated heterocycles. The van der Waals surface area contributed by atoms with Crippen LogP contribution in [0.3, 0.4) is 0 Å². The zero-order valence-electron chi connectivity index (χ0n) is 14.3. The fourth-order valence-corrected chi connectivity index (χ4v) is 2.44. The van der Waals surface area contributed by atoms with Gasteiger partial charge in [0.1, 0.15) is 18.9 Å². The zero-order valence-corrected chi connectivity index (χ0v) is 15.8. The molecule has 2 N–H and O–H groups in total. The van der Waals surface area contributed by atoms with Crippen molar-refractivity contribution in [2.45, 2.75) is 13.0 Å². The highest BCUT2D eigenvalue weighted by molar-refractivity contribution is 9.10. The molecule has 1 amide bonds. The summed E-state index contributed by atoms with van der Waals surface area (Å²) in [6.45, 7) is 3.12. The van der Waals surface area contributed by atoms with Crippen LogP contribution in [0.1, 0.15) is 12.5 Å². The van der Waals surface area contributed by atoms with Gasteiger partial charge in [-0.2, -0.15) is 5.26 Å². The Balaban J connectivity index is 1.79. The highest BCUT2D eigenvalue weighted by atomic mass is 79.9. The van der Waals surface area contributed by atoms with Gasteiger partial charge in [0.2, 0.25) is 0 Å². The predicted octanol–water partition coefficient (Wildman–Crippen LogP) is 2.24. The molecular formula is C19H21BrN3O2+. The van der Waals surface area contributed by atoms with E-state index in [9.17, 15) is 4.79 Å². The third-order valence-corrected chi connectivity index (χ3v) is 4.52. The SMILES string of the molecule is C[C@@H](C(=O)Nc1ccc(C#N)cc1)[NH+](C)CCOc1ccc(Br)cc1. The quantitative estimate of drug-likeness (QED) is 0.746. The minimum absolute atomic E-state index is 0.0640. The van der Waals surface area contributed by atoms with E-state index in [0.717, 1.165) is 15.1 Å². The molecule has 2 aromatic rings. The molecular weight excluding hydrogens is 382 g/mol. The summed E-state index contributed by atoms with van der Waals surface area (Å²) in [4.78, 5) is 13.4. The highest BCUT2D eigenvalue weighted by Gasteiger charge is 2.21. The third kappa shape index (κ3) is 5.89. The Kier molecular flexibility index (Phi) is 6.99. The number of carbonyl (C=O) groups is 1. The standard InChI is InChI=1S/C19H20BrN3O2/c1-14(19(24)22-17-7-3-15(13-21)4-8-17)23(2)11-12-25-18-9-5-16(20)6-10-18/h3-10,14H,11-12H2,1-2H3,(H,22,24)/p+1/t14-/m0/s1. The van der Waals surface area contributed by atoms with Crippen molar-refractivity contribution >= 4 is 27.5 Å². The second-order valence-electron chi connectivity index (χ2n) is 5.80. The lowest BCUT2D eigenvalue weighted by molar-refractivity contribution is -0.894. The van der Waals surface area contributed by atoms with Crippen LogP contribution in [0.4, 0.5) is 5.69 Å². The molecule has 6 heteroatoms. The van der Waals surface area contributed by atoms with Crippen molar-refractivity contribution in [1.29, 1.82) is 5.26 Å². The van der Waals surface area contributed by atoms with Crippen molar-refractivity contribution in [3.63, 3.8) is 0 Å². The van der Waals surface area contributed by atoms with Crippen LogP contribution in [0.5, 0.6) is 5.75 Å². The van der Waals surface area contributed by atoms with Gasteiger partial charge in [0, 0.05) is 10.2 Å². The van der Waals surface area contributed by atoms with Gasteiger partial charge in [-0.15, -0.1) is 0 Å². The van der Waals surface area contributed by atoms with Crippen LogP contribution >= 0.6 is 15.9 Å². The largest absolute Gasteiger partial charge is 0.488 e. The van der Waals surface area contributed by atoms with Crippen molar-refractivity contribution in [2.75, 3.05) is 25.5 Å². The van der Waals surface area contributed by atoms with Crippen LogP contribution < -0.4 is 15.0 Å². The average molecular weight is 403 g/mol. The Bertz CT molecular complexity index is 739. The Morgan fingerprint density at radius 2 is 1.88 bits per heavy atom. The summed E-state index contributed by atoms with van der Waals surface area (Å²) in [5.74, 6) is 0.747. The van der Waals surface area contributed by atoms with E-state index < -0.39 is 0 Å². The number of ether oxygens (including phenoxy) is 1. The van der Waals surface area contributed by atoms with Crippen molar-refractivity contribution in [3.05, 3.63) is 58.6 Å². The van der Waals surface area contributed by atoms with Gasteiger partial charge < -0.3 is 15.0 Å². The molecule has 0 aliphatic rings. The number of quaternary nitrogens is 1. The normalized spacial score (nSPS) is 12.7. The Morgan fingerprint density at radius 1 is 1.24 bits per heavy atom. The van der Waals surface area contributed by atoms with Crippen LogP contribution in [0, 0.1) is 11.3 Å². The second-order valence-corrected chi connectivity index (χ2v) is 6.71. The van der Waals surface area contributed by atoms with Crippen molar-refractivity contribution in [1.82, 2.24) is 0 Å². The number of nitrogens with one attached hydrogen (secondary N) is 2. The number of hydrogen-bond donors (Lipinski definition) is 2. The first-order valence-electron chi connectivity index (χ1n) is 8.01. The Hall–Kier alpha value is -2.36. The van der Waals surface area contributed by atoms with E-state index in [-0.39, 0.29) is 11.9 Å². The number of likely N-dealkylation sites (N-methyl/N-ethyl adjacent to an activating group) is 1. The number of carbonyl (C=O) groups excluding carboxylic acids is 1. The minimum Gasteiger partial charge on any atom is -0.488 e. The molecule has 2 aromatic carbocycles. The van der Waals surface area contributed by atoms with Crippen LogP contribution in [-0.4, -0.2) is 32.1 Å². The monoisotopic (exact) mass is 402 g/mol. The summed E-state index contributed by atoms with van der Waals surface area (Å²) in [5.41, 5.74) is 1.26. The first-order chi connectivity index (χ1) is 12.0. The fraction of sp³-hybridized carbons (Fsp3) is 0.263. The second kappa shape index (κ2) is 9.21. The zero-order chi connectivity index (χ0) is 18.2. The number of hydrogen-bond acceptors (Lipinski definition) is 3. The first-order valence-corrected chi connectivity index (χ1v) is 8.80. The van der Waals surface area contributed by atoms with Gasteiger partial charge in [0.25, 0.3) is 5.91 Å². The molecule has 130 valence electrons. The molecule has 0 radical (unpaired) electrons. The molecule has 5 nitrogen and oxygen atoms in total. The number of amides is 1. The van der Waals surface area contributed by atoms with Gasteiger partial charge in [0.15, 0.2) is 6.04 Å². The molecule has 0 aromatic heterocycles. The van der Waals surface area contributed by atoms with Crippen LogP contribution in [0.2, 0.25) is 0 Å². The first kappa shape index (κ1) is 19.0. The molecule has 0 fully saturated rings. The molecule has 0 heterocycles. The smallest absolute Gasteiger partial charge is 0.282 e. The van der Waals surface area contributed by atoms with E-state index in [1.807, 2.05) is 38.2 Å². The lowest BCUT2D eigenvalue weighted by Gasteiger charge is -2.21. The van der Waals surface area contributed by atoms with Crippen LogP contribution in [0.15, 0.2) is 53.0 Å². The fourth-order valence-electron chi connectivity index (χ4n) is 2.18. The van der Waals surface area contributed by atoms with Gasteiger partial charge in [-0.3, -0.25) is 4.79 Å². The van der Waals surface area contributed by atoms with Gasteiger partial charge >= 0.3 is 0 Å². The topological polar surface area (TPSA) is 66.6 Å². The van der Waals surface area contributed by atoms with Crippen molar-refractivity contribution in [2.24, 2.45) is 0 Å². The molecule has 1 unspecified atom stereocenters. The number of nitrogens with zero attached hydrogens (tertiary/aromatic N) is 1. The number of halogens is 1. The van der Waals surface area contributed by atoms with Gasteiger partial charge in [-0.1, -0.05) is 15.9 Å². The maximum absolute atomic E-state index is 12.3. The molecule has 2 rings (SSSR count). The van der Waals surface area contributed by atoms with Gasteiger partial charge in [0.05, 0.1) is 18.7 Å². The molecule has 0 aliphatic heterocycles. The highest BCUT2D eigenvalue weighted by Crippen LogP contribution is 2.15. The molecule has 0 spiro atoms. The van der Waals surface area contributed by atoms with Crippen molar-refractivity contribution in [3.8, 4) is 11.8 Å². The number of rotatable bonds is 7. The maximum atomic E-state index is 12.3. The lowest BCUT2D eigenvalue weighted by atomic mass is 10.2. The molecule has 25 heavy (non-hydrogen) atoms. The van der Waals surface area contributed by atoms with E-state index in [4.69, 9.17) is 10.00 Å². The van der Waals surface area contributed by atoms with Crippen LogP contribution in [0.25, 0.3) is 0 Å². The van der Waals surface area contributed by atoms with E-state index >= 15 is 0 Å². The summed E-state index contributed by atoms with van der Waals surface area (Å²) in [6, 6.07) is 16.3. The predicted molar refractivity (Wildman–Crippen MR) is 101 cm³/mol. The summed E-state index contributed by atoms with van der Waals surface area (Å²) in [7, 11) is 1.97.